The average molecular weight is 284 g/mol. The van der Waals surface area contributed by atoms with Crippen molar-refractivity contribution in [2.75, 3.05) is 0 Å². The topological polar surface area (TPSA) is 85.1 Å². The second-order valence-electron chi connectivity index (χ2n) is 4.98. The van der Waals surface area contributed by atoms with Gasteiger partial charge in [0.1, 0.15) is 5.56 Å². The number of amides is 1. The molecule has 1 aromatic rings. The molecule has 1 aliphatic rings. The number of rotatable bonds is 3. The number of carbonyl (C=O) groups excluding carboxylic acids is 1. The summed E-state index contributed by atoms with van der Waals surface area (Å²) in [5.74, 6) is -0.472. The fraction of sp³-hybridized carbons (Fsp3) is 0.500. The van der Waals surface area contributed by atoms with Crippen molar-refractivity contribution in [1.82, 2.24) is 10.3 Å². The molecule has 0 spiro atoms. The predicted octanol–water partition coefficient (Wildman–Crippen LogP) is 2.71. The van der Waals surface area contributed by atoms with E-state index < -0.39 is 16.5 Å². The van der Waals surface area contributed by atoms with Gasteiger partial charge in [-0.25, -0.2) is 4.98 Å². The Morgan fingerprint density at radius 3 is 2.74 bits per heavy atom. The molecule has 1 aromatic heterocycles. The van der Waals surface area contributed by atoms with Crippen molar-refractivity contribution in [3.8, 4) is 0 Å². The van der Waals surface area contributed by atoms with Gasteiger partial charge in [0, 0.05) is 11.7 Å². The van der Waals surface area contributed by atoms with E-state index in [1.807, 2.05) is 6.92 Å². The van der Waals surface area contributed by atoms with Gasteiger partial charge in [0.25, 0.3) is 5.91 Å². The Bertz CT molecular complexity index is 527. The molecule has 19 heavy (non-hydrogen) atoms. The van der Waals surface area contributed by atoms with E-state index in [2.05, 4.69) is 10.3 Å². The lowest BCUT2D eigenvalue weighted by Crippen LogP contribution is -2.43. The third kappa shape index (κ3) is 2.84. The molecule has 0 bridgehead atoms. The predicted molar refractivity (Wildman–Crippen MR) is 70.2 cm³/mol. The largest absolute Gasteiger partial charge is 0.347 e. The lowest BCUT2D eigenvalue weighted by Gasteiger charge is -2.25. The minimum atomic E-state index is -0.679. The van der Waals surface area contributed by atoms with E-state index in [1.54, 1.807) is 0 Å². The highest BCUT2D eigenvalue weighted by atomic mass is 35.5. The first kappa shape index (κ1) is 13.7. The molecule has 0 atom stereocenters. The van der Waals surface area contributed by atoms with E-state index in [0.29, 0.717) is 0 Å². The van der Waals surface area contributed by atoms with Crippen LogP contribution in [0.15, 0.2) is 12.3 Å². The van der Waals surface area contributed by atoms with Crippen LogP contribution in [-0.4, -0.2) is 21.4 Å². The number of nitrogens with one attached hydrogen (secondary N) is 1. The molecule has 1 amide bonds. The quantitative estimate of drug-likeness (QED) is 0.525. The molecule has 102 valence electrons. The Hall–Kier alpha value is -1.69. The Labute approximate surface area is 115 Å². The van der Waals surface area contributed by atoms with Crippen LogP contribution in [0.1, 0.15) is 43.0 Å². The van der Waals surface area contributed by atoms with Crippen molar-refractivity contribution >= 4 is 23.2 Å². The van der Waals surface area contributed by atoms with Gasteiger partial charge in [-0.05, 0) is 25.8 Å². The van der Waals surface area contributed by atoms with Crippen LogP contribution in [0.3, 0.4) is 0 Å². The fourth-order valence-electron chi connectivity index (χ4n) is 2.41. The smallest absolute Gasteiger partial charge is 0.319 e. The summed E-state index contributed by atoms with van der Waals surface area (Å²) in [4.78, 5) is 26.1. The van der Waals surface area contributed by atoms with E-state index in [-0.39, 0.29) is 16.3 Å². The molecule has 1 saturated carbocycles. The number of hydrogen-bond donors (Lipinski definition) is 1. The van der Waals surface area contributed by atoms with Crippen LogP contribution >= 0.6 is 11.6 Å². The molecule has 0 radical (unpaired) electrons. The van der Waals surface area contributed by atoms with Crippen molar-refractivity contribution in [2.24, 2.45) is 0 Å². The van der Waals surface area contributed by atoms with Crippen molar-refractivity contribution < 1.29 is 9.72 Å². The van der Waals surface area contributed by atoms with Gasteiger partial charge in [-0.1, -0.05) is 24.4 Å². The molecule has 0 aromatic carbocycles. The number of aromatic nitrogens is 1. The van der Waals surface area contributed by atoms with Crippen molar-refractivity contribution in [3.63, 3.8) is 0 Å². The number of nitro groups is 1. The Morgan fingerprint density at radius 1 is 1.53 bits per heavy atom. The van der Waals surface area contributed by atoms with E-state index in [4.69, 9.17) is 11.6 Å². The normalized spacial score (nSPS) is 17.2. The summed E-state index contributed by atoms with van der Waals surface area (Å²) in [6.45, 7) is 1.95. The maximum absolute atomic E-state index is 12.2. The number of hydrogen-bond acceptors (Lipinski definition) is 4. The standard InChI is InChI=1S/C12H14ClN3O3/c1-12(5-2-3-6-12)15-11(17)8-4-7-14-10(13)9(8)16(18)19/h4,7H,2-3,5-6H2,1H3,(H,15,17). The molecule has 0 unspecified atom stereocenters. The Balaban J connectivity index is 2.29. The molecule has 1 aliphatic carbocycles. The molecule has 2 rings (SSSR count). The highest BCUT2D eigenvalue weighted by molar-refractivity contribution is 6.32. The maximum atomic E-state index is 12.2. The molecule has 0 saturated heterocycles. The minimum absolute atomic E-state index is 0.0434. The molecular formula is C12H14ClN3O3. The second-order valence-corrected chi connectivity index (χ2v) is 5.33. The zero-order valence-corrected chi connectivity index (χ0v) is 11.2. The summed E-state index contributed by atoms with van der Waals surface area (Å²) in [5.41, 5.74) is -0.776. The fourth-order valence-corrected chi connectivity index (χ4v) is 2.63. The lowest BCUT2D eigenvalue weighted by molar-refractivity contribution is -0.385. The summed E-state index contributed by atoms with van der Waals surface area (Å²) < 4.78 is 0. The van der Waals surface area contributed by atoms with Crippen LogP contribution in [0.2, 0.25) is 5.15 Å². The van der Waals surface area contributed by atoms with Gasteiger partial charge in [-0.15, -0.1) is 0 Å². The van der Waals surface area contributed by atoms with E-state index in [9.17, 15) is 14.9 Å². The Kier molecular flexibility index (Phi) is 3.71. The van der Waals surface area contributed by atoms with E-state index in [0.717, 1.165) is 25.7 Å². The molecular weight excluding hydrogens is 270 g/mol. The second kappa shape index (κ2) is 5.13. The van der Waals surface area contributed by atoms with Crippen LogP contribution in [0, 0.1) is 10.1 Å². The minimum Gasteiger partial charge on any atom is -0.347 e. The van der Waals surface area contributed by atoms with Crippen LogP contribution in [0.25, 0.3) is 0 Å². The van der Waals surface area contributed by atoms with Crippen LogP contribution in [0.4, 0.5) is 5.69 Å². The Morgan fingerprint density at radius 2 is 2.16 bits per heavy atom. The maximum Gasteiger partial charge on any atom is 0.319 e. The van der Waals surface area contributed by atoms with Gasteiger partial charge >= 0.3 is 5.69 Å². The highest BCUT2D eigenvalue weighted by Crippen LogP contribution is 2.31. The number of pyridine rings is 1. The van der Waals surface area contributed by atoms with Crippen molar-refractivity contribution in [1.29, 1.82) is 0 Å². The highest BCUT2D eigenvalue weighted by Gasteiger charge is 2.33. The first-order chi connectivity index (χ1) is 8.93. The summed E-state index contributed by atoms with van der Waals surface area (Å²) in [6.07, 6.45) is 5.16. The molecule has 6 nitrogen and oxygen atoms in total. The number of halogens is 1. The summed E-state index contributed by atoms with van der Waals surface area (Å²) in [7, 11) is 0. The molecule has 1 heterocycles. The first-order valence-electron chi connectivity index (χ1n) is 6.04. The van der Waals surface area contributed by atoms with Crippen molar-refractivity contribution in [2.45, 2.75) is 38.1 Å². The monoisotopic (exact) mass is 283 g/mol. The SMILES string of the molecule is CC1(NC(=O)c2ccnc(Cl)c2[N+](=O)[O-])CCCC1. The summed E-state index contributed by atoms with van der Waals surface area (Å²) >= 11 is 5.69. The molecule has 1 fully saturated rings. The number of carbonyl (C=O) groups is 1. The zero-order valence-electron chi connectivity index (χ0n) is 10.5. The van der Waals surface area contributed by atoms with Gasteiger partial charge < -0.3 is 5.32 Å². The van der Waals surface area contributed by atoms with Crippen LogP contribution < -0.4 is 5.32 Å². The van der Waals surface area contributed by atoms with Crippen LogP contribution in [0.5, 0.6) is 0 Å². The lowest BCUT2D eigenvalue weighted by atomic mass is 10.00. The van der Waals surface area contributed by atoms with E-state index in [1.165, 1.54) is 12.3 Å². The van der Waals surface area contributed by atoms with Gasteiger partial charge in [-0.2, -0.15) is 0 Å². The number of nitrogens with zero attached hydrogens (tertiary/aromatic N) is 2. The van der Waals surface area contributed by atoms with Crippen LogP contribution in [-0.2, 0) is 0 Å². The first-order valence-corrected chi connectivity index (χ1v) is 6.42. The molecule has 7 heteroatoms. The van der Waals surface area contributed by atoms with Gasteiger partial charge in [0.15, 0.2) is 0 Å². The third-order valence-corrected chi connectivity index (χ3v) is 3.71. The molecule has 0 aliphatic heterocycles. The van der Waals surface area contributed by atoms with Gasteiger partial charge in [0.05, 0.1) is 4.92 Å². The summed E-state index contributed by atoms with van der Waals surface area (Å²) in [5, 5.41) is 13.6. The molecule has 1 N–H and O–H groups in total. The average Bonchev–Trinajstić information content (AvgIpc) is 2.74. The van der Waals surface area contributed by atoms with Gasteiger partial charge in [-0.3, -0.25) is 14.9 Å². The zero-order chi connectivity index (χ0) is 14.0. The van der Waals surface area contributed by atoms with Crippen molar-refractivity contribution in [3.05, 3.63) is 33.1 Å². The third-order valence-electron chi connectivity index (χ3n) is 3.43. The summed E-state index contributed by atoms with van der Waals surface area (Å²) in [6, 6.07) is 1.32. The van der Waals surface area contributed by atoms with Gasteiger partial charge in [0.2, 0.25) is 5.15 Å². The van der Waals surface area contributed by atoms with E-state index >= 15 is 0 Å².